The zero-order valence-corrected chi connectivity index (χ0v) is 15.8. The van der Waals surface area contributed by atoms with Crippen LogP contribution in [0.25, 0.3) is 0 Å². The Morgan fingerprint density at radius 2 is 1.64 bits per heavy atom. The van der Waals surface area contributed by atoms with Crippen molar-refractivity contribution in [2.75, 3.05) is 10.6 Å². The largest absolute Gasteiger partial charge is 0.331 e. The van der Waals surface area contributed by atoms with Crippen molar-refractivity contribution in [2.45, 2.75) is 19.9 Å². The van der Waals surface area contributed by atoms with Crippen molar-refractivity contribution in [1.29, 1.82) is 0 Å². The highest BCUT2D eigenvalue weighted by molar-refractivity contribution is 6.44. The molecule has 0 aliphatic carbocycles. The van der Waals surface area contributed by atoms with Crippen LogP contribution in [0.3, 0.4) is 0 Å². The van der Waals surface area contributed by atoms with Gasteiger partial charge in [-0.3, -0.25) is 4.79 Å². The summed E-state index contributed by atoms with van der Waals surface area (Å²) in [5.41, 5.74) is 1.85. The van der Waals surface area contributed by atoms with E-state index in [4.69, 9.17) is 34.8 Å². The lowest BCUT2D eigenvalue weighted by atomic mass is 10.1. The number of carbonyl (C=O) groups is 2. The van der Waals surface area contributed by atoms with Crippen LogP contribution in [0.5, 0.6) is 0 Å². The first-order chi connectivity index (χ1) is 11.8. The summed E-state index contributed by atoms with van der Waals surface area (Å²) in [6.45, 7) is 3.26. The van der Waals surface area contributed by atoms with Gasteiger partial charge in [0.15, 0.2) is 0 Å². The SMILES string of the molecule is CC(=O)Nc1cccc(C(C)NC(=O)Nc2cc(Cl)c(Cl)cc2Cl)c1. The van der Waals surface area contributed by atoms with Crippen LogP contribution in [0.15, 0.2) is 36.4 Å². The Kier molecular flexibility index (Phi) is 6.53. The molecule has 0 fully saturated rings. The van der Waals surface area contributed by atoms with Gasteiger partial charge >= 0.3 is 6.03 Å². The summed E-state index contributed by atoms with van der Waals surface area (Å²) < 4.78 is 0. The van der Waals surface area contributed by atoms with Crippen molar-refractivity contribution < 1.29 is 9.59 Å². The van der Waals surface area contributed by atoms with Crippen molar-refractivity contribution in [3.05, 3.63) is 57.0 Å². The van der Waals surface area contributed by atoms with E-state index in [-0.39, 0.29) is 22.0 Å². The molecule has 0 spiro atoms. The van der Waals surface area contributed by atoms with Crippen molar-refractivity contribution in [1.82, 2.24) is 5.32 Å². The van der Waals surface area contributed by atoms with Crippen LogP contribution in [0.2, 0.25) is 15.1 Å². The van der Waals surface area contributed by atoms with Crippen molar-refractivity contribution in [3.8, 4) is 0 Å². The Hall–Kier alpha value is -1.95. The minimum Gasteiger partial charge on any atom is -0.331 e. The number of rotatable bonds is 4. The van der Waals surface area contributed by atoms with Gasteiger partial charge in [-0.05, 0) is 36.8 Å². The van der Waals surface area contributed by atoms with Gasteiger partial charge in [-0.25, -0.2) is 4.79 Å². The number of benzene rings is 2. The molecule has 0 aliphatic heterocycles. The van der Waals surface area contributed by atoms with Crippen LogP contribution in [-0.4, -0.2) is 11.9 Å². The predicted molar refractivity (Wildman–Crippen MR) is 103 cm³/mol. The molecule has 3 amide bonds. The lowest BCUT2D eigenvalue weighted by molar-refractivity contribution is -0.114. The third kappa shape index (κ3) is 5.53. The first-order valence-electron chi connectivity index (χ1n) is 7.36. The van der Waals surface area contributed by atoms with Gasteiger partial charge in [-0.15, -0.1) is 0 Å². The minimum absolute atomic E-state index is 0.162. The summed E-state index contributed by atoms with van der Waals surface area (Å²) >= 11 is 17.8. The van der Waals surface area contributed by atoms with E-state index in [0.29, 0.717) is 16.4 Å². The molecule has 0 heterocycles. The fourth-order valence-electron chi connectivity index (χ4n) is 2.15. The zero-order chi connectivity index (χ0) is 18.6. The molecule has 1 unspecified atom stereocenters. The Morgan fingerprint density at radius 3 is 2.32 bits per heavy atom. The maximum Gasteiger partial charge on any atom is 0.319 e. The predicted octanol–water partition coefficient (Wildman–Crippen LogP) is 5.49. The topological polar surface area (TPSA) is 70.2 Å². The lowest BCUT2D eigenvalue weighted by Crippen LogP contribution is -2.31. The molecule has 3 N–H and O–H groups in total. The van der Waals surface area contributed by atoms with Gasteiger partial charge in [-0.2, -0.15) is 0 Å². The van der Waals surface area contributed by atoms with Crippen LogP contribution < -0.4 is 16.0 Å². The Labute approximate surface area is 160 Å². The molecule has 2 aromatic carbocycles. The van der Waals surface area contributed by atoms with E-state index in [1.54, 1.807) is 18.2 Å². The van der Waals surface area contributed by atoms with Gasteiger partial charge < -0.3 is 16.0 Å². The number of anilines is 2. The standard InChI is InChI=1S/C17H16Cl3N3O2/c1-9(11-4-3-5-12(6-11)22-10(2)24)21-17(25)23-16-8-14(19)13(18)7-15(16)20/h3-9H,1-2H3,(H,22,24)(H2,21,23,25). The van der Waals surface area contributed by atoms with Gasteiger partial charge in [0, 0.05) is 12.6 Å². The van der Waals surface area contributed by atoms with Crippen LogP contribution in [-0.2, 0) is 4.79 Å². The summed E-state index contributed by atoms with van der Waals surface area (Å²) in [6.07, 6.45) is 0. The van der Waals surface area contributed by atoms with Gasteiger partial charge in [0.1, 0.15) is 0 Å². The average molecular weight is 401 g/mol. The lowest BCUT2D eigenvalue weighted by Gasteiger charge is -2.17. The van der Waals surface area contributed by atoms with Crippen LogP contribution in [0.1, 0.15) is 25.5 Å². The third-order valence-electron chi connectivity index (χ3n) is 3.31. The molecule has 5 nitrogen and oxygen atoms in total. The number of hydrogen-bond acceptors (Lipinski definition) is 2. The molecule has 0 radical (unpaired) electrons. The molecule has 0 saturated heterocycles. The van der Waals surface area contributed by atoms with E-state index in [2.05, 4.69) is 16.0 Å². The summed E-state index contributed by atoms with van der Waals surface area (Å²) in [7, 11) is 0. The van der Waals surface area contributed by atoms with E-state index in [1.807, 2.05) is 13.0 Å². The first kappa shape index (κ1) is 19.4. The van der Waals surface area contributed by atoms with E-state index in [0.717, 1.165) is 5.56 Å². The Bertz CT molecular complexity index is 812. The Morgan fingerprint density at radius 1 is 0.960 bits per heavy atom. The van der Waals surface area contributed by atoms with Gasteiger partial charge in [0.05, 0.1) is 26.8 Å². The van der Waals surface area contributed by atoms with Crippen LogP contribution in [0, 0.1) is 0 Å². The Balaban J connectivity index is 2.05. The molecule has 0 saturated carbocycles. The molecule has 0 aliphatic rings. The number of carbonyl (C=O) groups excluding carboxylic acids is 2. The second-order valence-electron chi connectivity index (χ2n) is 5.37. The van der Waals surface area contributed by atoms with E-state index in [9.17, 15) is 9.59 Å². The number of halogens is 3. The summed E-state index contributed by atoms with van der Waals surface area (Å²) in [4.78, 5) is 23.3. The van der Waals surface area contributed by atoms with Crippen molar-refractivity contribution in [2.24, 2.45) is 0 Å². The highest BCUT2D eigenvalue weighted by Gasteiger charge is 2.13. The quantitative estimate of drug-likeness (QED) is 0.594. The van der Waals surface area contributed by atoms with E-state index >= 15 is 0 Å². The highest BCUT2D eigenvalue weighted by atomic mass is 35.5. The number of nitrogens with one attached hydrogen (secondary N) is 3. The van der Waals surface area contributed by atoms with Crippen LogP contribution >= 0.6 is 34.8 Å². The third-order valence-corrected chi connectivity index (χ3v) is 4.35. The molecule has 25 heavy (non-hydrogen) atoms. The smallest absolute Gasteiger partial charge is 0.319 e. The molecule has 0 bridgehead atoms. The monoisotopic (exact) mass is 399 g/mol. The second-order valence-corrected chi connectivity index (χ2v) is 6.59. The average Bonchev–Trinajstić information content (AvgIpc) is 2.52. The molecular formula is C17H16Cl3N3O2. The number of urea groups is 1. The molecular weight excluding hydrogens is 385 g/mol. The fourth-order valence-corrected chi connectivity index (χ4v) is 2.74. The molecule has 132 valence electrons. The first-order valence-corrected chi connectivity index (χ1v) is 8.49. The van der Waals surface area contributed by atoms with Crippen LogP contribution in [0.4, 0.5) is 16.2 Å². The molecule has 2 aromatic rings. The normalized spacial score (nSPS) is 11.6. The number of hydrogen-bond donors (Lipinski definition) is 3. The fraction of sp³-hybridized carbons (Fsp3) is 0.176. The summed E-state index contributed by atoms with van der Waals surface area (Å²) in [6, 6.07) is 9.41. The van der Waals surface area contributed by atoms with E-state index < -0.39 is 6.03 Å². The van der Waals surface area contributed by atoms with Gasteiger partial charge in [0.2, 0.25) is 5.91 Å². The van der Waals surface area contributed by atoms with Gasteiger partial charge in [0.25, 0.3) is 0 Å². The molecule has 2 rings (SSSR count). The zero-order valence-electron chi connectivity index (χ0n) is 13.5. The summed E-state index contributed by atoms with van der Waals surface area (Å²) in [5.74, 6) is -0.162. The highest BCUT2D eigenvalue weighted by Crippen LogP contribution is 2.32. The van der Waals surface area contributed by atoms with E-state index in [1.165, 1.54) is 19.1 Å². The van der Waals surface area contributed by atoms with Gasteiger partial charge in [-0.1, -0.05) is 46.9 Å². The van der Waals surface area contributed by atoms with Crippen molar-refractivity contribution >= 4 is 58.1 Å². The second kappa shape index (κ2) is 8.43. The molecule has 0 aromatic heterocycles. The summed E-state index contributed by atoms with van der Waals surface area (Å²) in [5, 5.41) is 9.00. The molecule has 8 heteroatoms. The maximum absolute atomic E-state index is 12.2. The maximum atomic E-state index is 12.2. The molecule has 1 atom stereocenters. The van der Waals surface area contributed by atoms with Crippen molar-refractivity contribution in [3.63, 3.8) is 0 Å². The number of amides is 3. The minimum atomic E-state index is -0.447.